The van der Waals surface area contributed by atoms with Crippen molar-refractivity contribution in [3.63, 3.8) is 0 Å². The lowest BCUT2D eigenvalue weighted by atomic mass is 9.50. The molecular formula is C16H18. The van der Waals surface area contributed by atoms with Crippen LogP contribution in [0, 0.1) is 22.7 Å². The summed E-state index contributed by atoms with van der Waals surface area (Å²) in [7, 11) is 0. The van der Waals surface area contributed by atoms with Gasteiger partial charge in [-0.3, -0.25) is 0 Å². The molecule has 2 fully saturated rings. The Morgan fingerprint density at radius 3 is 2.00 bits per heavy atom. The van der Waals surface area contributed by atoms with E-state index < -0.39 is 0 Å². The first-order valence-corrected chi connectivity index (χ1v) is 6.32. The predicted molar refractivity (Wildman–Crippen MR) is 66.1 cm³/mol. The first kappa shape index (κ1) is 9.04. The first-order valence-electron chi connectivity index (χ1n) is 6.32. The number of allylic oxidation sites excluding steroid dienone is 2. The van der Waals surface area contributed by atoms with Crippen LogP contribution >= 0.6 is 0 Å². The third kappa shape index (κ3) is 0.533. The third-order valence-corrected chi connectivity index (χ3v) is 6.35. The summed E-state index contributed by atoms with van der Waals surface area (Å²) in [6.45, 7) is 7.41. The number of hydrogen-bond donors (Lipinski definition) is 0. The Labute approximate surface area is 97.4 Å². The molecule has 0 heteroatoms. The van der Waals surface area contributed by atoms with E-state index in [4.69, 9.17) is 0 Å². The van der Waals surface area contributed by atoms with Crippen molar-refractivity contribution in [2.75, 3.05) is 0 Å². The molecule has 3 aliphatic rings. The van der Waals surface area contributed by atoms with Gasteiger partial charge in [-0.05, 0) is 28.2 Å². The topological polar surface area (TPSA) is 0 Å². The summed E-state index contributed by atoms with van der Waals surface area (Å²) in [4.78, 5) is 0. The SMILES string of the molecule is CC1(C)[C@]2(c3ccccc3)[C@H]3C=C[C@@H]3[C@]12C. The molecule has 0 unspecified atom stereocenters. The lowest BCUT2D eigenvalue weighted by molar-refractivity contribution is 0.0935. The van der Waals surface area contributed by atoms with Crippen LogP contribution in [-0.2, 0) is 5.41 Å². The highest BCUT2D eigenvalue weighted by atomic mass is 15.0. The van der Waals surface area contributed by atoms with Crippen LogP contribution in [0.15, 0.2) is 42.5 Å². The van der Waals surface area contributed by atoms with Gasteiger partial charge in [0, 0.05) is 5.41 Å². The molecule has 0 saturated heterocycles. The van der Waals surface area contributed by atoms with Crippen LogP contribution in [0.1, 0.15) is 26.3 Å². The Balaban J connectivity index is 1.93. The van der Waals surface area contributed by atoms with Gasteiger partial charge in [0.2, 0.25) is 0 Å². The summed E-state index contributed by atoms with van der Waals surface area (Å²) < 4.78 is 0. The molecule has 0 heterocycles. The molecule has 0 aliphatic heterocycles. The van der Waals surface area contributed by atoms with E-state index in [9.17, 15) is 0 Å². The summed E-state index contributed by atoms with van der Waals surface area (Å²) in [5.74, 6) is 1.66. The summed E-state index contributed by atoms with van der Waals surface area (Å²) in [5, 5.41) is 0. The average Bonchev–Trinajstić information content (AvgIpc) is 2.56. The highest BCUT2D eigenvalue weighted by Gasteiger charge is 2.93. The van der Waals surface area contributed by atoms with Crippen LogP contribution in [0.5, 0.6) is 0 Å². The Bertz CT molecular complexity index is 496. The fourth-order valence-electron chi connectivity index (χ4n) is 5.37. The Kier molecular flexibility index (Phi) is 1.22. The molecule has 4 rings (SSSR count). The Morgan fingerprint density at radius 2 is 1.50 bits per heavy atom. The molecular weight excluding hydrogens is 192 g/mol. The normalized spacial score (nSPS) is 49.7. The summed E-state index contributed by atoms with van der Waals surface area (Å²) in [5.41, 5.74) is 2.98. The van der Waals surface area contributed by atoms with Crippen LogP contribution in [0.2, 0.25) is 0 Å². The average molecular weight is 210 g/mol. The molecule has 0 aromatic heterocycles. The van der Waals surface area contributed by atoms with Crippen molar-refractivity contribution in [2.45, 2.75) is 26.2 Å². The second-order valence-corrected chi connectivity index (χ2v) is 6.44. The minimum atomic E-state index is 0.445. The van der Waals surface area contributed by atoms with Gasteiger partial charge < -0.3 is 0 Å². The number of benzene rings is 1. The molecule has 2 saturated carbocycles. The number of rotatable bonds is 1. The molecule has 0 spiro atoms. The van der Waals surface area contributed by atoms with E-state index in [-0.39, 0.29) is 0 Å². The van der Waals surface area contributed by atoms with Crippen LogP contribution in [0.4, 0.5) is 0 Å². The number of fused-ring (bicyclic) bond motifs is 4. The fraction of sp³-hybridized carbons (Fsp3) is 0.500. The van der Waals surface area contributed by atoms with Gasteiger partial charge in [-0.2, -0.15) is 0 Å². The van der Waals surface area contributed by atoms with Crippen molar-refractivity contribution in [2.24, 2.45) is 22.7 Å². The van der Waals surface area contributed by atoms with Gasteiger partial charge >= 0.3 is 0 Å². The molecule has 1 aromatic rings. The van der Waals surface area contributed by atoms with Gasteiger partial charge in [-0.15, -0.1) is 0 Å². The maximum atomic E-state index is 2.49. The van der Waals surface area contributed by atoms with E-state index >= 15 is 0 Å². The highest BCUT2D eigenvalue weighted by molar-refractivity contribution is 5.59. The Morgan fingerprint density at radius 1 is 0.875 bits per heavy atom. The maximum Gasteiger partial charge on any atom is 0.0143 e. The van der Waals surface area contributed by atoms with Crippen molar-refractivity contribution >= 4 is 0 Å². The summed E-state index contributed by atoms with van der Waals surface area (Å²) in [6.07, 6.45) is 4.87. The van der Waals surface area contributed by atoms with E-state index in [1.165, 1.54) is 0 Å². The zero-order valence-corrected chi connectivity index (χ0v) is 10.2. The van der Waals surface area contributed by atoms with E-state index in [1.54, 1.807) is 5.56 Å². The summed E-state index contributed by atoms with van der Waals surface area (Å²) >= 11 is 0. The van der Waals surface area contributed by atoms with Crippen molar-refractivity contribution in [3.05, 3.63) is 48.0 Å². The maximum absolute atomic E-state index is 2.49. The molecule has 1 aromatic carbocycles. The van der Waals surface area contributed by atoms with Gasteiger partial charge in [0.15, 0.2) is 0 Å². The minimum absolute atomic E-state index is 0.445. The smallest absolute Gasteiger partial charge is 0.0143 e. The van der Waals surface area contributed by atoms with Gasteiger partial charge in [0.1, 0.15) is 0 Å². The van der Waals surface area contributed by atoms with Crippen molar-refractivity contribution < 1.29 is 0 Å². The van der Waals surface area contributed by atoms with Crippen molar-refractivity contribution in [3.8, 4) is 0 Å². The van der Waals surface area contributed by atoms with Crippen molar-refractivity contribution in [1.29, 1.82) is 0 Å². The quantitative estimate of drug-likeness (QED) is 0.619. The predicted octanol–water partition coefficient (Wildman–Crippen LogP) is 3.79. The molecule has 0 radical (unpaired) electrons. The molecule has 0 bridgehead atoms. The lowest BCUT2D eigenvalue weighted by Gasteiger charge is -2.53. The van der Waals surface area contributed by atoms with E-state index in [0.29, 0.717) is 16.2 Å². The van der Waals surface area contributed by atoms with Gasteiger partial charge in [-0.1, -0.05) is 63.3 Å². The Hall–Kier alpha value is -1.04. The molecule has 0 amide bonds. The zero-order chi connectivity index (χ0) is 11.2. The lowest BCUT2D eigenvalue weighted by Crippen LogP contribution is -2.50. The molecule has 16 heavy (non-hydrogen) atoms. The molecule has 0 nitrogen and oxygen atoms in total. The second kappa shape index (κ2) is 2.16. The van der Waals surface area contributed by atoms with E-state index in [2.05, 4.69) is 63.3 Å². The molecule has 0 N–H and O–H groups in total. The van der Waals surface area contributed by atoms with Crippen molar-refractivity contribution in [1.82, 2.24) is 0 Å². The monoisotopic (exact) mass is 210 g/mol. The van der Waals surface area contributed by atoms with E-state index in [0.717, 1.165) is 11.8 Å². The molecule has 4 atom stereocenters. The fourth-order valence-corrected chi connectivity index (χ4v) is 5.37. The summed E-state index contributed by atoms with van der Waals surface area (Å²) in [6, 6.07) is 11.2. The minimum Gasteiger partial charge on any atom is -0.0839 e. The van der Waals surface area contributed by atoms with Crippen LogP contribution < -0.4 is 0 Å². The molecule has 3 aliphatic carbocycles. The standard InChI is InChI=1S/C16H18/c1-14(2)15(3)12-9-10-13(12)16(14,15)11-7-5-4-6-8-11/h4-10,12-13H,1-3H3/t12-,13-,15+,16-/m0/s1. The highest BCUT2D eigenvalue weighted by Crippen LogP contribution is 2.94. The van der Waals surface area contributed by atoms with Crippen LogP contribution in [-0.4, -0.2) is 0 Å². The number of hydrogen-bond acceptors (Lipinski definition) is 0. The third-order valence-electron chi connectivity index (χ3n) is 6.35. The first-order chi connectivity index (χ1) is 7.58. The second-order valence-electron chi connectivity index (χ2n) is 6.44. The van der Waals surface area contributed by atoms with Gasteiger partial charge in [-0.25, -0.2) is 0 Å². The van der Waals surface area contributed by atoms with Crippen LogP contribution in [0.3, 0.4) is 0 Å². The largest absolute Gasteiger partial charge is 0.0839 e. The van der Waals surface area contributed by atoms with Crippen LogP contribution in [0.25, 0.3) is 0 Å². The van der Waals surface area contributed by atoms with Gasteiger partial charge in [0.25, 0.3) is 0 Å². The molecule has 82 valence electrons. The van der Waals surface area contributed by atoms with E-state index in [1.807, 2.05) is 0 Å². The van der Waals surface area contributed by atoms with Gasteiger partial charge in [0.05, 0.1) is 0 Å². The zero-order valence-electron chi connectivity index (χ0n) is 10.2.